The number of nitro groups is 1. The predicted octanol–water partition coefficient (Wildman–Crippen LogP) is 1.04. The van der Waals surface area contributed by atoms with E-state index in [-0.39, 0.29) is 10.7 Å². The van der Waals surface area contributed by atoms with Crippen LogP contribution in [-0.2, 0) is 6.54 Å². The lowest BCUT2D eigenvalue weighted by atomic mass is 10.2. The molecule has 7 heteroatoms. The molecule has 20 heavy (non-hydrogen) atoms. The summed E-state index contributed by atoms with van der Waals surface area (Å²) < 4.78 is 1.54. The first-order chi connectivity index (χ1) is 9.65. The summed E-state index contributed by atoms with van der Waals surface area (Å²) in [5.74, 6) is 0.0757. The van der Waals surface area contributed by atoms with Crippen LogP contribution in [0.3, 0.4) is 0 Å². The Kier molecular flexibility index (Phi) is 3.37. The van der Waals surface area contributed by atoms with Gasteiger partial charge in [0.2, 0.25) is 5.65 Å². The van der Waals surface area contributed by atoms with E-state index < -0.39 is 0 Å². The van der Waals surface area contributed by atoms with E-state index in [2.05, 4.69) is 22.1 Å². The van der Waals surface area contributed by atoms with Gasteiger partial charge in [0.1, 0.15) is 0 Å². The van der Waals surface area contributed by atoms with Gasteiger partial charge in [-0.25, -0.2) is 4.98 Å². The van der Waals surface area contributed by atoms with Crippen molar-refractivity contribution in [3.8, 4) is 0 Å². The molecular formula is C13H17N5O2. The zero-order chi connectivity index (χ0) is 14.1. The fourth-order valence-corrected chi connectivity index (χ4v) is 2.70. The highest BCUT2D eigenvalue weighted by atomic mass is 16.6. The lowest BCUT2D eigenvalue weighted by Crippen LogP contribution is -2.48. The van der Waals surface area contributed by atoms with Crippen LogP contribution >= 0.6 is 0 Å². The summed E-state index contributed by atoms with van der Waals surface area (Å²) in [4.78, 5) is 17.6. The third-order valence-corrected chi connectivity index (χ3v) is 3.57. The van der Waals surface area contributed by atoms with E-state index in [4.69, 9.17) is 0 Å². The van der Waals surface area contributed by atoms with E-state index in [0.717, 1.165) is 19.6 Å². The number of hydrogen-bond acceptors (Lipinski definition) is 5. The molecule has 1 aliphatic heterocycles. The Morgan fingerprint density at radius 1 is 1.55 bits per heavy atom. The number of hydrogen-bond donors (Lipinski definition) is 1. The zero-order valence-corrected chi connectivity index (χ0v) is 11.3. The van der Waals surface area contributed by atoms with E-state index in [9.17, 15) is 10.1 Å². The molecule has 0 saturated carbocycles. The van der Waals surface area contributed by atoms with Gasteiger partial charge in [0.25, 0.3) is 0 Å². The van der Waals surface area contributed by atoms with Gasteiger partial charge >= 0.3 is 5.82 Å². The molecule has 0 unspecified atom stereocenters. The van der Waals surface area contributed by atoms with Crippen LogP contribution in [0.15, 0.2) is 24.4 Å². The van der Waals surface area contributed by atoms with Gasteiger partial charge in [-0.2, -0.15) is 4.40 Å². The number of aromatic nitrogens is 2. The van der Waals surface area contributed by atoms with Crippen LogP contribution in [0.1, 0.15) is 12.6 Å². The molecule has 0 bridgehead atoms. The third kappa shape index (κ3) is 2.37. The van der Waals surface area contributed by atoms with E-state index >= 15 is 0 Å². The van der Waals surface area contributed by atoms with Crippen molar-refractivity contribution in [1.82, 2.24) is 19.6 Å². The molecule has 0 amide bonds. The Morgan fingerprint density at radius 3 is 3.15 bits per heavy atom. The van der Waals surface area contributed by atoms with Crippen LogP contribution in [-0.4, -0.2) is 44.9 Å². The first-order valence-corrected chi connectivity index (χ1v) is 6.71. The summed E-state index contributed by atoms with van der Waals surface area (Å²) in [5.41, 5.74) is 1.16. The minimum atomic E-state index is -0.346. The van der Waals surface area contributed by atoms with Gasteiger partial charge < -0.3 is 15.4 Å². The van der Waals surface area contributed by atoms with Crippen LogP contribution in [0.5, 0.6) is 0 Å². The quantitative estimate of drug-likeness (QED) is 0.669. The maximum Gasteiger partial charge on any atom is 0.352 e. The van der Waals surface area contributed by atoms with Crippen LogP contribution in [0.4, 0.5) is 5.82 Å². The minimum Gasteiger partial charge on any atom is -0.358 e. The van der Waals surface area contributed by atoms with Gasteiger partial charge in [-0.15, -0.1) is 0 Å². The number of nitrogens with zero attached hydrogens (tertiary/aromatic N) is 4. The van der Waals surface area contributed by atoms with Crippen LogP contribution in [0.2, 0.25) is 0 Å². The van der Waals surface area contributed by atoms with Crippen LogP contribution < -0.4 is 5.32 Å². The summed E-state index contributed by atoms with van der Waals surface area (Å²) in [6.07, 6.45) is 1.68. The van der Waals surface area contributed by atoms with Gasteiger partial charge in [0.05, 0.1) is 6.20 Å². The Balaban J connectivity index is 1.94. The Hall–Kier alpha value is -1.99. The maximum atomic E-state index is 11.3. The largest absolute Gasteiger partial charge is 0.358 e. The molecule has 1 atom stereocenters. The SMILES string of the molecule is C[C@H]1CN(Cc2nc3ccccn3c2[N+](=O)[O-])CCN1. The summed E-state index contributed by atoms with van der Waals surface area (Å²) in [7, 11) is 0. The number of pyridine rings is 1. The van der Waals surface area contributed by atoms with E-state index in [1.807, 2.05) is 6.07 Å². The number of imidazole rings is 1. The van der Waals surface area contributed by atoms with Gasteiger partial charge in [-0.1, -0.05) is 6.07 Å². The lowest BCUT2D eigenvalue weighted by Gasteiger charge is -2.30. The normalized spacial score (nSPS) is 20.4. The molecule has 1 fully saturated rings. The smallest absolute Gasteiger partial charge is 0.352 e. The highest BCUT2D eigenvalue weighted by Crippen LogP contribution is 2.22. The van der Waals surface area contributed by atoms with Gasteiger partial charge in [-0.3, -0.25) is 4.90 Å². The second kappa shape index (κ2) is 5.18. The van der Waals surface area contributed by atoms with Crippen LogP contribution in [0.25, 0.3) is 5.65 Å². The molecule has 0 aliphatic carbocycles. The molecule has 1 saturated heterocycles. The van der Waals surface area contributed by atoms with E-state index in [0.29, 0.717) is 23.9 Å². The van der Waals surface area contributed by atoms with Crippen LogP contribution in [0, 0.1) is 10.1 Å². The van der Waals surface area contributed by atoms with Gasteiger partial charge in [-0.05, 0) is 17.9 Å². The number of fused-ring (bicyclic) bond motifs is 1. The minimum absolute atomic E-state index is 0.0757. The summed E-state index contributed by atoms with van der Waals surface area (Å²) in [5, 5.41) is 14.7. The van der Waals surface area contributed by atoms with Crippen molar-refractivity contribution in [2.75, 3.05) is 19.6 Å². The molecule has 3 rings (SSSR count). The van der Waals surface area contributed by atoms with Gasteiger partial charge in [0, 0.05) is 38.3 Å². The maximum absolute atomic E-state index is 11.3. The van der Waals surface area contributed by atoms with Gasteiger partial charge in [0.15, 0.2) is 5.69 Å². The molecular weight excluding hydrogens is 258 g/mol. The molecule has 0 radical (unpaired) electrons. The summed E-state index contributed by atoms with van der Waals surface area (Å²) in [6, 6.07) is 5.80. The monoisotopic (exact) mass is 275 g/mol. The Bertz CT molecular complexity index is 639. The average Bonchev–Trinajstić information content (AvgIpc) is 2.76. The second-order valence-electron chi connectivity index (χ2n) is 5.16. The molecule has 0 aromatic carbocycles. The van der Waals surface area contributed by atoms with Crippen molar-refractivity contribution in [1.29, 1.82) is 0 Å². The van der Waals surface area contributed by atoms with Crippen molar-refractivity contribution < 1.29 is 4.92 Å². The topological polar surface area (TPSA) is 75.7 Å². The van der Waals surface area contributed by atoms with Crippen molar-refractivity contribution >= 4 is 11.5 Å². The summed E-state index contributed by atoms with van der Waals surface area (Å²) in [6.45, 7) is 5.30. The molecule has 106 valence electrons. The highest BCUT2D eigenvalue weighted by molar-refractivity contribution is 5.48. The Labute approximate surface area is 116 Å². The number of piperazine rings is 1. The lowest BCUT2D eigenvalue weighted by molar-refractivity contribution is -0.391. The fourth-order valence-electron chi connectivity index (χ4n) is 2.70. The van der Waals surface area contributed by atoms with Crippen molar-refractivity contribution in [3.05, 3.63) is 40.2 Å². The second-order valence-corrected chi connectivity index (χ2v) is 5.16. The molecule has 7 nitrogen and oxygen atoms in total. The number of nitrogens with one attached hydrogen (secondary N) is 1. The van der Waals surface area contributed by atoms with E-state index in [1.165, 1.54) is 0 Å². The Morgan fingerprint density at radius 2 is 2.40 bits per heavy atom. The average molecular weight is 275 g/mol. The van der Waals surface area contributed by atoms with Crippen molar-refractivity contribution in [3.63, 3.8) is 0 Å². The molecule has 1 N–H and O–H groups in total. The molecule has 2 aromatic rings. The predicted molar refractivity (Wildman–Crippen MR) is 74.6 cm³/mol. The van der Waals surface area contributed by atoms with Crippen molar-refractivity contribution in [2.45, 2.75) is 19.5 Å². The number of rotatable bonds is 3. The first-order valence-electron chi connectivity index (χ1n) is 6.71. The fraction of sp³-hybridized carbons (Fsp3) is 0.462. The van der Waals surface area contributed by atoms with E-state index in [1.54, 1.807) is 22.7 Å². The highest BCUT2D eigenvalue weighted by Gasteiger charge is 2.25. The standard InChI is InChI=1S/C13H17N5O2/c1-10-8-16(7-5-14-10)9-11-13(18(19)20)17-6-3-2-4-12(17)15-11/h2-4,6,10,14H,5,7-9H2,1H3/t10-/m0/s1. The first kappa shape index (κ1) is 13.0. The molecule has 0 spiro atoms. The summed E-state index contributed by atoms with van der Waals surface area (Å²) >= 11 is 0. The molecule has 1 aliphatic rings. The third-order valence-electron chi connectivity index (χ3n) is 3.57. The van der Waals surface area contributed by atoms with Crippen molar-refractivity contribution in [2.24, 2.45) is 0 Å². The molecule has 3 heterocycles. The molecule has 2 aromatic heterocycles. The zero-order valence-electron chi connectivity index (χ0n) is 11.3.